The Morgan fingerprint density at radius 3 is 1.76 bits per heavy atom. The lowest BCUT2D eigenvalue weighted by molar-refractivity contribution is -0.252. The lowest BCUT2D eigenvalue weighted by atomic mass is 9.80. The molecule has 4 rings (SSSR count). The van der Waals surface area contributed by atoms with Crippen LogP contribution in [0.5, 0.6) is 0 Å². The first-order valence-corrected chi connectivity index (χ1v) is 12.1. The number of alkyl halides is 1. The van der Waals surface area contributed by atoms with Gasteiger partial charge >= 0.3 is 5.97 Å². The third-order valence-corrected chi connectivity index (χ3v) is 6.32. The van der Waals surface area contributed by atoms with E-state index in [1.165, 1.54) is 6.92 Å². The standard InChI is InChI=1S/C29H30FNO6/c1-19(32)31-26-27(36-20(2)33)25(30)24(37-28(26)34)18-35-29(21-12-6-3-7-13-21,22-14-8-4-9-15-22)23-16-10-5-11-17-23/h3-17,24-28,34H,18H2,1-2H3,(H,31,32)/t24-,25-,26-,27+,28+/m1/s1. The Labute approximate surface area is 215 Å². The molecule has 2 N–H and O–H groups in total. The first-order chi connectivity index (χ1) is 17.8. The van der Waals surface area contributed by atoms with Crippen LogP contribution in [0.15, 0.2) is 91.0 Å². The van der Waals surface area contributed by atoms with Crippen LogP contribution in [0.1, 0.15) is 30.5 Å². The normalized spacial score (nSPS) is 23.7. The molecule has 37 heavy (non-hydrogen) atoms. The van der Waals surface area contributed by atoms with Crippen LogP contribution >= 0.6 is 0 Å². The molecule has 1 aliphatic heterocycles. The zero-order chi connectivity index (χ0) is 26.4. The largest absolute Gasteiger partial charge is 0.457 e. The number of aliphatic hydroxyl groups is 1. The van der Waals surface area contributed by atoms with Crippen LogP contribution in [0.3, 0.4) is 0 Å². The Hall–Kier alpha value is -3.59. The maximum absolute atomic E-state index is 15.8. The van der Waals surface area contributed by atoms with Gasteiger partial charge in [0, 0.05) is 13.8 Å². The molecular formula is C29H30FNO6. The van der Waals surface area contributed by atoms with Crippen LogP contribution in [0.25, 0.3) is 0 Å². The average molecular weight is 508 g/mol. The van der Waals surface area contributed by atoms with Crippen LogP contribution in [0, 0.1) is 0 Å². The summed E-state index contributed by atoms with van der Waals surface area (Å²) in [5, 5.41) is 13.0. The van der Waals surface area contributed by atoms with Gasteiger partial charge < -0.3 is 24.6 Å². The number of aliphatic hydroxyl groups excluding tert-OH is 1. The van der Waals surface area contributed by atoms with E-state index >= 15 is 4.39 Å². The van der Waals surface area contributed by atoms with Gasteiger partial charge in [-0.15, -0.1) is 0 Å². The summed E-state index contributed by atoms with van der Waals surface area (Å²) in [6.07, 6.45) is -6.25. The summed E-state index contributed by atoms with van der Waals surface area (Å²) in [5.74, 6) is -1.27. The smallest absolute Gasteiger partial charge is 0.303 e. The molecule has 3 aromatic carbocycles. The maximum atomic E-state index is 15.8. The first kappa shape index (κ1) is 26.5. The second-order valence-electron chi connectivity index (χ2n) is 8.90. The summed E-state index contributed by atoms with van der Waals surface area (Å²) in [7, 11) is 0. The van der Waals surface area contributed by atoms with Gasteiger partial charge in [0.05, 0.1) is 6.61 Å². The van der Waals surface area contributed by atoms with Crippen molar-refractivity contribution in [3.63, 3.8) is 0 Å². The summed E-state index contributed by atoms with van der Waals surface area (Å²) >= 11 is 0. The van der Waals surface area contributed by atoms with Gasteiger partial charge in [-0.1, -0.05) is 91.0 Å². The molecule has 5 atom stereocenters. The lowest BCUT2D eigenvalue weighted by Gasteiger charge is -2.43. The number of halogens is 1. The topological polar surface area (TPSA) is 94.1 Å². The molecule has 0 aliphatic carbocycles. The summed E-state index contributed by atoms with van der Waals surface area (Å²) in [5.41, 5.74) is 1.30. The van der Waals surface area contributed by atoms with Crippen molar-refractivity contribution in [3.05, 3.63) is 108 Å². The predicted molar refractivity (Wildman–Crippen MR) is 134 cm³/mol. The first-order valence-electron chi connectivity index (χ1n) is 12.1. The minimum absolute atomic E-state index is 0.290. The van der Waals surface area contributed by atoms with E-state index in [0.717, 1.165) is 23.6 Å². The van der Waals surface area contributed by atoms with Gasteiger partial charge in [0.15, 0.2) is 18.6 Å². The molecule has 0 saturated carbocycles. The van der Waals surface area contributed by atoms with E-state index in [4.69, 9.17) is 14.2 Å². The number of rotatable bonds is 8. The molecule has 3 aromatic rings. The van der Waals surface area contributed by atoms with Crippen LogP contribution < -0.4 is 5.32 Å². The van der Waals surface area contributed by atoms with E-state index in [2.05, 4.69) is 5.32 Å². The molecule has 7 nitrogen and oxygen atoms in total. The van der Waals surface area contributed by atoms with Crippen LogP contribution in [-0.2, 0) is 29.4 Å². The summed E-state index contributed by atoms with van der Waals surface area (Å²) in [6, 6.07) is 27.4. The monoisotopic (exact) mass is 507 g/mol. The highest BCUT2D eigenvalue weighted by molar-refractivity contribution is 5.73. The van der Waals surface area contributed by atoms with Crippen molar-refractivity contribution in [1.29, 1.82) is 0 Å². The van der Waals surface area contributed by atoms with Gasteiger partial charge in [-0.3, -0.25) is 9.59 Å². The number of carbonyl (C=O) groups excluding carboxylic acids is 2. The highest BCUT2D eigenvalue weighted by atomic mass is 19.1. The SMILES string of the molecule is CC(=O)N[C@@H]1[C@@H](OC(C)=O)[C@H](F)[C@@H](COC(c2ccccc2)(c2ccccc2)c2ccccc2)O[C@@H]1O. The number of ether oxygens (including phenoxy) is 3. The highest BCUT2D eigenvalue weighted by Gasteiger charge is 2.49. The van der Waals surface area contributed by atoms with Gasteiger partial charge in [0.25, 0.3) is 0 Å². The van der Waals surface area contributed by atoms with E-state index < -0.39 is 48.2 Å². The van der Waals surface area contributed by atoms with Gasteiger partial charge in [-0.2, -0.15) is 0 Å². The van der Waals surface area contributed by atoms with Gasteiger partial charge in [0.2, 0.25) is 5.91 Å². The molecule has 0 aromatic heterocycles. The number of nitrogens with one attached hydrogen (secondary N) is 1. The third-order valence-electron chi connectivity index (χ3n) is 6.32. The van der Waals surface area contributed by atoms with Crippen molar-refractivity contribution >= 4 is 11.9 Å². The zero-order valence-corrected chi connectivity index (χ0v) is 20.6. The number of esters is 1. The Morgan fingerprint density at radius 1 is 0.892 bits per heavy atom. The van der Waals surface area contributed by atoms with Crippen molar-refractivity contribution < 1.29 is 33.3 Å². The fourth-order valence-electron chi connectivity index (χ4n) is 4.74. The second-order valence-corrected chi connectivity index (χ2v) is 8.90. The fraction of sp³-hybridized carbons (Fsp3) is 0.310. The molecule has 1 saturated heterocycles. The predicted octanol–water partition coefficient (Wildman–Crippen LogP) is 3.49. The minimum atomic E-state index is -1.89. The second kappa shape index (κ2) is 11.6. The van der Waals surface area contributed by atoms with E-state index in [1.807, 2.05) is 91.0 Å². The van der Waals surface area contributed by atoms with E-state index in [9.17, 15) is 14.7 Å². The van der Waals surface area contributed by atoms with Crippen molar-refractivity contribution in [1.82, 2.24) is 5.32 Å². The highest BCUT2D eigenvalue weighted by Crippen LogP contribution is 2.41. The number of carbonyl (C=O) groups is 2. The maximum Gasteiger partial charge on any atom is 0.303 e. The molecule has 0 unspecified atom stereocenters. The van der Waals surface area contributed by atoms with Crippen molar-refractivity contribution in [3.8, 4) is 0 Å². The number of hydrogen-bond donors (Lipinski definition) is 2. The molecule has 1 amide bonds. The molecule has 194 valence electrons. The molecule has 0 spiro atoms. The van der Waals surface area contributed by atoms with Crippen molar-refractivity contribution in [2.24, 2.45) is 0 Å². The minimum Gasteiger partial charge on any atom is -0.457 e. The number of benzene rings is 3. The fourth-order valence-corrected chi connectivity index (χ4v) is 4.74. The van der Waals surface area contributed by atoms with E-state index in [-0.39, 0.29) is 6.61 Å². The van der Waals surface area contributed by atoms with Crippen molar-refractivity contribution in [2.45, 2.75) is 50.2 Å². The van der Waals surface area contributed by atoms with Gasteiger partial charge in [0.1, 0.15) is 17.7 Å². The van der Waals surface area contributed by atoms with Crippen LogP contribution in [-0.4, -0.2) is 54.3 Å². The van der Waals surface area contributed by atoms with Crippen LogP contribution in [0.2, 0.25) is 0 Å². The molecule has 8 heteroatoms. The Morgan fingerprint density at radius 2 is 1.35 bits per heavy atom. The Bertz CT molecular complexity index is 1080. The lowest BCUT2D eigenvalue weighted by Crippen LogP contribution is -2.64. The van der Waals surface area contributed by atoms with Crippen molar-refractivity contribution in [2.75, 3.05) is 6.61 Å². The molecule has 1 heterocycles. The quantitative estimate of drug-likeness (QED) is 0.358. The van der Waals surface area contributed by atoms with Crippen LogP contribution in [0.4, 0.5) is 4.39 Å². The zero-order valence-electron chi connectivity index (χ0n) is 20.6. The number of amides is 1. The number of hydrogen-bond acceptors (Lipinski definition) is 6. The summed E-state index contributed by atoms with van der Waals surface area (Å²) < 4.78 is 33.2. The molecule has 1 aliphatic rings. The molecule has 0 radical (unpaired) electrons. The molecule has 0 bridgehead atoms. The summed E-state index contributed by atoms with van der Waals surface area (Å²) in [6.45, 7) is 2.06. The summed E-state index contributed by atoms with van der Waals surface area (Å²) in [4.78, 5) is 23.4. The van der Waals surface area contributed by atoms with E-state index in [0.29, 0.717) is 0 Å². The molecular weight excluding hydrogens is 477 g/mol. The van der Waals surface area contributed by atoms with Gasteiger partial charge in [-0.25, -0.2) is 4.39 Å². The molecule has 1 fully saturated rings. The van der Waals surface area contributed by atoms with Gasteiger partial charge in [-0.05, 0) is 16.7 Å². The Balaban J connectivity index is 1.73. The third kappa shape index (κ3) is 5.72. The average Bonchev–Trinajstić information content (AvgIpc) is 2.90. The van der Waals surface area contributed by atoms with E-state index in [1.54, 1.807) is 0 Å². The Kier molecular flexibility index (Phi) is 8.33.